The number of carbonyl (C=O) groups excluding carboxylic acids is 1. The molecule has 0 radical (unpaired) electrons. The molecule has 0 atom stereocenters. The lowest BCUT2D eigenvalue weighted by Gasteiger charge is -2.23. The van der Waals surface area contributed by atoms with E-state index in [0.717, 1.165) is 17.4 Å². The number of benzene rings is 1. The van der Waals surface area contributed by atoms with Crippen molar-refractivity contribution < 1.29 is 13.6 Å². The van der Waals surface area contributed by atoms with Crippen molar-refractivity contribution in [1.29, 1.82) is 5.41 Å². The van der Waals surface area contributed by atoms with Gasteiger partial charge in [0, 0.05) is 12.6 Å². The van der Waals surface area contributed by atoms with E-state index in [-0.39, 0.29) is 12.2 Å². The first kappa shape index (κ1) is 14.9. The number of unbranched alkanes of at least 4 members (excludes halogenated alkanes) is 1. The van der Waals surface area contributed by atoms with E-state index in [1.807, 2.05) is 6.92 Å². The summed E-state index contributed by atoms with van der Waals surface area (Å²) in [4.78, 5) is 12.9. The van der Waals surface area contributed by atoms with Crippen molar-refractivity contribution >= 4 is 17.7 Å². The van der Waals surface area contributed by atoms with Gasteiger partial charge in [-0.05, 0) is 18.6 Å². The van der Waals surface area contributed by atoms with Crippen molar-refractivity contribution in [3.8, 4) is 0 Å². The largest absolute Gasteiger partial charge is 0.370 e. The SMILES string of the molecule is CCCCN(C(=O)NC(=N)N)c1ccc(F)cc1F. The van der Waals surface area contributed by atoms with Gasteiger partial charge in [-0.3, -0.25) is 15.6 Å². The summed E-state index contributed by atoms with van der Waals surface area (Å²) in [5.74, 6) is -2.09. The highest BCUT2D eigenvalue weighted by atomic mass is 19.1. The van der Waals surface area contributed by atoms with Gasteiger partial charge in [-0.2, -0.15) is 0 Å². The molecule has 0 aliphatic rings. The smallest absolute Gasteiger partial charge is 0.328 e. The number of hydrogen-bond donors (Lipinski definition) is 3. The molecule has 0 saturated heterocycles. The van der Waals surface area contributed by atoms with Crippen LogP contribution in [0.3, 0.4) is 0 Å². The van der Waals surface area contributed by atoms with E-state index >= 15 is 0 Å². The fourth-order valence-electron chi connectivity index (χ4n) is 1.53. The maximum absolute atomic E-state index is 13.7. The molecular formula is C12H16F2N4O. The highest BCUT2D eigenvalue weighted by Gasteiger charge is 2.19. The van der Waals surface area contributed by atoms with E-state index in [1.165, 1.54) is 6.07 Å². The number of amides is 2. The highest BCUT2D eigenvalue weighted by molar-refractivity contribution is 6.02. The molecule has 1 aromatic rings. The molecule has 7 heteroatoms. The quantitative estimate of drug-likeness (QED) is 0.579. The Morgan fingerprint density at radius 1 is 1.47 bits per heavy atom. The molecule has 104 valence electrons. The molecule has 0 aromatic heterocycles. The minimum Gasteiger partial charge on any atom is -0.370 e. The number of carbonyl (C=O) groups is 1. The number of anilines is 1. The molecule has 0 aliphatic carbocycles. The normalized spacial score (nSPS) is 10.1. The zero-order valence-electron chi connectivity index (χ0n) is 10.5. The van der Waals surface area contributed by atoms with Gasteiger partial charge in [0.05, 0.1) is 5.69 Å². The van der Waals surface area contributed by atoms with E-state index < -0.39 is 23.6 Å². The van der Waals surface area contributed by atoms with Crippen molar-refractivity contribution in [1.82, 2.24) is 5.32 Å². The maximum atomic E-state index is 13.7. The average molecular weight is 270 g/mol. The monoisotopic (exact) mass is 270 g/mol. The predicted molar refractivity (Wildman–Crippen MR) is 69.1 cm³/mol. The number of guanidine groups is 1. The van der Waals surface area contributed by atoms with Crippen molar-refractivity contribution in [2.45, 2.75) is 19.8 Å². The number of urea groups is 1. The van der Waals surface area contributed by atoms with Gasteiger partial charge in [-0.25, -0.2) is 13.6 Å². The molecule has 0 bridgehead atoms. The van der Waals surface area contributed by atoms with Crippen molar-refractivity contribution in [3.05, 3.63) is 29.8 Å². The van der Waals surface area contributed by atoms with Crippen LogP contribution in [-0.4, -0.2) is 18.5 Å². The van der Waals surface area contributed by atoms with Gasteiger partial charge in [-0.1, -0.05) is 13.3 Å². The van der Waals surface area contributed by atoms with Crippen LogP contribution in [0.25, 0.3) is 0 Å². The Labute approximate surface area is 109 Å². The summed E-state index contributed by atoms with van der Waals surface area (Å²) in [5, 5.41) is 9.09. The summed E-state index contributed by atoms with van der Waals surface area (Å²) in [6.07, 6.45) is 1.44. The van der Waals surface area contributed by atoms with E-state index in [2.05, 4.69) is 5.32 Å². The van der Waals surface area contributed by atoms with Crippen molar-refractivity contribution in [3.63, 3.8) is 0 Å². The van der Waals surface area contributed by atoms with Crippen molar-refractivity contribution in [2.75, 3.05) is 11.4 Å². The van der Waals surface area contributed by atoms with Gasteiger partial charge >= 0.3 is 6.03 Å². The summed E-state index contributed by atoms with van der Waals surface area (Å²) < 4.78 is 26.5. The van der Waals surface area contributed by atoms with Gasteiger partial charge in [0.15, 0.2) is 5.96 Å². The zero-order valence-corrected chi connectivity index (χ0v) is 10.5. The summed E-state index contributed by atoms with van der Waals surface area (Å²) in [7, 11) is 0. The van der Waals surface area contributed by atoms with Gasteiger partial charge in [0.2, 0.25) is 0 Å². The van der Waals surface area contributed by atoms with Crippen LogP contribution in [0.15, 0.2) is 18.2 Å². The summed E-state index contributed by atoms with van der Waals surface area (Å²) >= 11 is 0. The van der Waals surface area contributed by atoms with Crippen LogP contribution in [0.4, 0.5) is 19.3 Å². The van der Waals surface area contributed by atoms with Gasteiger partial charge in [0.1, 0.15) is 11.6 Å². The number of halogens is 2. The second-order valence-corrected chi connectivity index (χ2v) is 3.94. The van der Waals surface area contributed by atoms with E-state index in [0.29, 0.717) is 12.5 Å². The fourth-order valence-corrected chi connectivity index (χ4v) is 1.53. The number of nitrogens with one attached hydrogen (secondary N) is 2. The van der Waals surface area contributed by atoms with Gasteiger partial charge in [0.25, 0.3) is 0 Å². The molecule has 0 fully saturated rings. The third kappa shape index (κ3) is 4.20. The summed E-state index contributed by atoms with van der Waals surface area (Å²) in [6, 6.07) is 2.24. The third-order valence-corrected chi connectivity index (χ3v) is 2.42. The number of hydrogen-bond acceptors (Lipinski definition) is 2. The topological polar surface area (TPSA) is 82.2 Å². The number of nitrogens with two attached hydrogens (primary N) is 1. The Morgan fingerprint density at radius 3 is 2.68 bits per heavy atom. The molecule has 0 unspecified atom stereocenters. The van der Waals surface area contributed by atoms with E-state index in [9.17, 15) is 13.6 Å². The summed E-state index contributed by atoms with van der Waals surface area (Å²) in [6.45, 7) is 2.17. The van der Waals surface area contributed by atoms with E-state index in [4.69, 9.17) is 11.1 Å². The van der Waals surface area contributed by atoms with Crippen LogP contribution >= 0.6 is 0 Å². The lowest BCUT2D eigenvalue weighted by molar-refractivity contribution is 0.250. The molecule has 5 nitrogen and oxygen atoms in total. The summed E-state index contributed by atoms with van der Waals surface area (Å²) in [5.41, 5.74) is 5.02. The zero-order chi connectivity index (χ0) is 14.4. The molecule has 4 N–H and O–H groups in total. The molecule has 2 amide bonds. The Morgan fingerprint density at radius 2 is 2.16 bits per heavy atom. The second kappa shape index (κ2) is 6.67. The Kier molecular flexibility index (Phi) is 5.23. The molecule has 0 heterocycles. The van der Waals surface area contributed by atoms with Crippen LogP contribution in [0.2, 0.25) is 0 Å². The first-order valence-corrected chi connectivity index (χ1v) is 5.83. The first-order chi connectivity index (χ1) is 8.95. The molecule has 1 rings (SSSR count). The van der Waals surface area contributed by atoms with Crippen LogP contribution in [0, 0.1) is 17.0 Å². The second-order valence-electron chi connectivity index (χ2n) is 3.94. The molecular weight excluding hydrogens is 254 g/mol. The average Bonchev–Trinajstić information content (AvgIpc) is 2.31. The lowest BCUT2D eigenvalue weighted by atomic mass is 10.2. The number of rotatable bonds is 4. The minimum absolute atomic E-state index is 0.0476. The lowest BCUT2D eigenvalue weighted by Crippen LogP contribution is -2.46. The van der Waals surface area contributed by atoms with Crippen LogP contribution in [0.5, 0.6) is 0 Å². The molecule has 1 aromatic carbocycles. The Bertz CT molecular complexity index is 479. The molecule has 0 spiro atoms. The minimum atomic E-state index is -0.838. The third-order valence-electron chi connectivity index (χ3n) is 2.42. The van der Waals surface area contributed by atoms with Gasteiger partial charge in [-0.15, -0.1) is 0 Å². The molecule has 19 heavy (non-hydrogen) atoms. The first-order valence-electron chi connectivity index (χ1n) is 5.83. The van der Waals surface area contributed by atoms with Crippen LogP contribution in [-0.2, 0) is 0 Å². The predicted octanol–water partition coefficient (Wildman–Crippen LogP) is 2.17. The maximum Gasteiger partial charge on any atom is 0.328 e. The molecule has 0 aliphatic heterocycles. The molecule has 0 saturated carbocycles. The number of nitrogens with zero attached hydrogens (tertiary/aromatic N) is 1. The van der Waals surface area contributed by atoms with Crippen molar-refractivity contribution in [2.24, 2.45) is 5.73 Å². The Balaban J connectivity index is 3.01. The van der Waals surface area contributed by atoms with Gasteiger partial charge < -0.3 is 5.73 Å². The highest BCUT2D eigenvalue weighted by Crippen LogP contribution is 2.20. The van der Waals surface area contributed by atoms with Crippen LogP contribution < -0.4 is 16.0 Å². The van der Waals surface area contributed by atoms with Crippen LogP contribution in [0.1, 0.15) is 19.8 Å². The standard InChI is InChI=1S/C12H16F2N4O/c1-2-3-6-18(12(19)17-11(15)16)10-5-4-8(13)7-9(10)14/h4-5,7H,2-3,6H2,1H3,(H4,15,16,17,19). The van der Waals surface area contributed by atoms with E-state index in [1.54, 1.807) is 0 Å². The fraction of sp³-hybridized carbons (Fsp3) is 0.333. The Hall–Kier alpha value is -2.18.